The molecule has 0 saturated carbocycles. The summed E-state index contributed by atoms with van der Waals surface area (Å²) in [5.74, 6) is -0.869. The van der Waals surface area contributed by atoms with Crippen LogP contribution in [0.2, 0.25) is 0 Å². The van der Waals surface area contributed by atoms with Crippen LogP contribution in [0.15, 0.2) is 18.2 Å². The fourth-order valence-electron chi connectivity index (χ4n) is 2.81. The summed E-state index contributed by atoms with van der Waals surface area (Å²) in [5.41, 5.74) is 3.41. The molecule has 0 spiro atoms. The summed E-state index contributed by atoms with van der Waals surface area (Å²) < 4.78 is 38.3. The summed E-state index contributed by atoms with van der Waals surface area (Å²) in [4.78, 5) is 23.8. The Morgan fingerprint density at radius 2 is 2.07 bits per heavy atom. The van der Waals surface area contributed by atoms with Crippen LogP contribution in [-0.4, -0.2) is 45.9 Å². The Labute approximate surface area is 161 Å². The molecule has 0 fully saturated rings. The summed E-state index contributed by atoms with van der Waals surface area (Å²) in [6.07, 6.45) is -4.12. The molecule has 7 nitrogen and oxygen atoms in total. The lowest BCUT2D eigenvalue weighted by Gasteiger charge is -2.25. The van der Waals surface area contributed by atoms with Crippen LogP contribution in [0.4, 0.5) is 18.3 Å². The van der Waals surface area contributed by atoms with Gasteiger partial charge in [0.05, 0.1) is 35.3 Å². The van der Waals surface area contributed by atoms with E-state index in [9.17, 15) is 13.2 Å². The van der Waals surface area contributed by atoms with Gasteiger partial charge in [0, 0.05) is 13.0 Å². The van der Waals surface area contributed by atoms with Crippen LogP contribution in [0.25, 0.3) is 10.2 Å². The molecular formula is C17H17F3N4O3S. The summed E-state index contributed by atoms with van der Waals surface area (Å²) in [6, 6.07) is 6.00. The van der Waals surface area contributed by atoms with E-state index in [1.807, 2.05) is 25.1 Å². The molecule has 4 rings (SSSR count). The lowest BCUT2D eigenvalue weighted by Crippen LogP contribution is -2.30. The Hall–Kier alpha value is -2.82. The third kappa shape index (κ3) is 4.19. The molecule has 0 bridgehead atoms. The zero-order valence-corrected chi connectivity index (χ0v) is 15.8. The Kier molecular flexibility index (Phi) is 5.45. The highest BCUT2D eigenvalue weighted by Gasteiger charge is 2.38. The van der Waals surface area contributed by atoms with Gasteiger partial charge < -0.3 is 19.7 Å². The highest BCUT2D eigenvalue weighted by Crippen LogP contribution is 2.36. The quantitative estimate of drug-likeness (QED) is 0.667. The van der Waals surface area contributed by atoms with Gasteiger partial charge in [-0.1, -0.05) is 17.4 Å². The van der Waals surface area contributed by atoms with Gasteiger partial charge in [0.15, 0.2) is 5.13 Å². The SMILES string of the molecule is COc1cccc2nc(N3CCc4nc(C)[nH]c4C3)sc12.O=C(O)C(F)(F)F. The zero-order valence-electron chi connectivity index (χ0n) is 15.0. The maximum atomic E-state index is 10.6. The molecule has 150 valence electrons. The molecule has 0 amide bonds. The van der Waals surface area contributed by atoms with Crippen LogP contribution in [-0.2, 0) is 17.8 Å². The molecule has 1 aromatic carbocycles. The minimum atomic E-state index is -5.08. The molecule has 2 aromatic heterocycles. The van der Waals surface area contributed by atoms with Crippen LogP contribution < -0.4 is 9.64 Å². The number of carboxylic acid groups (broad SMARTS) is 1. The van der Waals surface area contributed by atoms with Crippen molar-refractivity contribution >= 4 is 32.7 Å². The van der Waals surface area contributed by atoms with Crippen LogP contribution in [0.3, 0.4) is 0 Å². The maximum Gasteiger partial charge on any atom is 0.490 e. The first-order valence-electron chi connectivity index (χ1n) is 8.22. The normalized spacial score (nSPS) is 13.7. The average Bonchev–Trinajstić information content (AvgIpc) is 3.22. The second kappa shape index (κ2) is 7.66. The summed E-state index contributed by atoms with van der Waals surface area (Å²) >= 11 is 1.69. The molecule has 0 saturated heterocycles. The summed E-state index contributed by atoms with van der Waals surface area (Å²) in [7, 11) is 1.70. The number of benzene rings is 1. The average molecular weight is 414 g/mol. The van der Waals surface area contributed by atoms with Crippen LogP contribution in [0, 0.1) is 6.92 Å². The lowest BCUT2D eigenvalue weighted by molar-refractivity contribution is -0.192. The van der Waals surface area contributed by atoms with E-state index in [0.717, 1.165) is 46.4 Å². The second-order valence-corrected chi connectivity index (χ2v) is 7.00. The summed E-state index contributed by atoms with van der Waals surface area (Å²) in [6.45, 7) is 3.81. The van der Waals surface area contributed by atoms with Crippen molar-refractivity contribution in [2.24, 2.45) is 0 Å². The van der Waals surface area contributed by atoms with E-state index in [0.29, 0.717) is 0 Å². The Morgan fingerprint density at radius 1 is 1.36 bits per heavy atom. The second-order valence-electron chi connectivity index (χ2n) is 6.03. The number of anilines is 1. The van der Waals surface area contributed by atoms with E-state index < -0.39 is 12.1 Å². The number of nitrogens with one attached hydrogen (secondary N) is 1. The molecule has 1 aliphatic heterocycles. The number of aromatic nitrogens is 3. The Morgan fingerprint density at radius 3 is 2.71 bits per heavy atom. The van der Waals surface area contributed by atoms with E-state index in [1.165, 1.54) is 11.4 Å². The molecule has 0 unspecified atom stereocenters. The first kappa shape index (κ1) is 19.9. The highest BCUT2D eigenvalue weighted by atomic mass is 32.1. The van der Waals surface area contributed by atoms with E-state index in [1.54, 1.807) is 18.4 Å². The number of fused-ring (bicyclic) bond motifs is 2. The predicted octanol–water partition coefficient (Wildman–Crippen LogP) is 3.53. The van der Waals surface area contributed by atoms with E-state index in [-0.39, 0.29) is 0 Å². The lowest BCUT2D eigenvalue weighted by atomic mass is 10.1. The van der Waals surface area contributed by atoms with Crippen molar-refractivity contribution in [1.82, 2.24) is 15.0 Å². The standard InChI is InChI=1S/C15H16N4OS.C2HF3O2/c1-9-16-10-6-7-19(8-12(10)17-9)15-18-11-4-3-5-13(20-2)14(11)21-15;3-2(4,5)1(6)7/h3-5H,6-8H2,1-2H3,(H,16,17);(H,6,7). The molecule has 0 atom stereocenters. The summed E-state index contributed by atoms with van der Waals surface area (Å²) in [5, 5.41) is 8.17. The first-order chi connectivity index (χ1) is 13.2. The molecule has 2 N–H and O–H groups in total. The Bertz CT molecular complexity index is 999. The van der Waals surface area contributed by atoms with Crippen molar-refractivity contribution in [1.29, 1.82) is 0 Å². The number of carbonyl (C=O) groups is 1. The minimum absolute atomic E-state index is 0.846. The minimum Gasteiger partial charge on any atom is -0.495 e. The number of H-pyrrole nitrogens is 1. The molecule has 3 heterocycles. The van der Waals surface area contributed by atoms with Gasteiger partial charge >= 0.3 is 12.1 Å². The van der Waals surface area contributed by atoms with Gasteiger partial charge in [0.2, 0.25) is 0 Å². The van der Waals surface area contributed by atoms with Gasteiger partial charge in [0.25, 0.3) is 0 Å². The third-order valence-corrected chi connectivity index (χ3v) is 5.20. The fraction of sp³-hybridized carbons (Fsp3) is 0.353. The van der Waals surface area contributed by atoms with Gasteiger partial charge in [-0.05, 0) is 19.1 Å². The number of hydrogen-bond acceptors (Lipinski definition) is 6. The van der Waals surface area contributed by atoms with Crippen molar-refractivity contribution in [2.45, 2.75) is 26.1 Å². The smallest absolute Gasteiger partial charge is 0.490 e. The molecule has 11 heteroatoms. The number of thiazole rings is 1. The first-order valence-corrected chi connectivity index (χ1v) is 9.03. The number of carboxylic acids is 1. The van der Waals surface area contributed by atoms with Crippen LogP contribution in [0.1, 0.15) is 17.2 Å². The number of aliphatic carboxylic acids is 1. The van der Waals surface area contributed by atoms with Gasteiger partial charge in [-0.2, -0.15) is 13.2 Å². The highest BCUT2D eigenvalue weighted by molar-refractivity contribution is 7.22. The topological polar surface area (TPSA) is 91.3 Å². The van der Waals surface area contributed by atoms with E-state index >= 15 is 0 Å². The van der Waals surface area contributed by atoms with Crippen molar-refractivity contribution in [3.63, 3.8) is 0 Å². The van der Waals surface area contributed by atoms with Gasteiger partial charge in [-0.25, -0.2) is 14.8 Å². The van der Waals surface area contributed by atoms with E-state index in [4.69, 9.17) is 19.6 Å². The van der Waals surface area contributed by atoms with Gasteiger partial charge in [-0.15, -0.1) is 0 Å². The number of rotatable bonds is 2. The van der Waals surface area contributed by atoms with Crippen LogP contribution in [0.5, 0.6) is 5.75 Å². The maximum absolute atomic E-state index is 10.6. The van der Waals surface area contributed by atoms with Crippen LogP contribution >= 0.6 is 11.3 Å². The number of aryl methyl sites for hydroxylation is 1. The number of nitrogens with zero attached hydrogens (tertiary/aromatic N) is 3. The number of alkyl halides is 3. The van der Waals surface area contributed by atoms with Crippen molar-refractivity contribution < 1.29 is 27.8 Å². The van der Waals surface area contributed by atoms with Crippen molar-refractivity contribution in [3.05, 3.63) is 35.4 Å². The molecule has 28 heavy (non-hydrogen) atoms. The number of ether oxygens (including phenoxy) is 1. The largest absolute Gasteiger partial charge is 0.495 e. The molecule has 1 aliphatic rings. The van der Waals surface area contributed by atoms with Crippen molar-refractivity contribution in [3.8, 4) is 5.75 Å². The number of aromatic amines is 1. The third-order valence-electron chi connectivity index (χ3n) is 4.05. The fourth-order valence-corrected chi connectivity index (χ4v) is 3.89. The molecule has 0 radical (unpaired) electrons. The number of imidazole rings is 1. The number of methoxy groups -OCH3 is 1. The van der Waals surface area contributed by atoms with Gasteiger partial charge in [-0.3, -0.25) is 0 Å². The predicted molar refractivity (Wildman–Crippen MR) is 97.9 cm³/mol. The molecule has 3 aromatic rings. The molecule has 0 aliphatic carbocycles. The van der Waals surface area contributed by atoms with Gasteiger partial charge in [0.1, 0.15) is 11.6 Å². The monoisotopic (exact) mass is 414 g/mol. The Balaban J connectivity index is 0.000000279. The number of halogens is 3. The van der Waals surface area contributed by atoms with Crippen molar-refractivity contribution in [2.75, 3.05) is 18.6 Å². The zero-order chi connectivity index (χ0) is 20.5. The molecular weight excluding hydrogens is 397 g/mol. The number of hydrogen-bond donors (Lipinski definition) is 2. The van der Waals surface area contributed by atoms with E-state index in [2.05, 4.69) is 14.9 Å².